The minimum atomic E-state index is -0.608. The standard InChI is InChI=1S/C27H23NO3/c29-18-24(17-20-8-2-1-3-9-20)28-27(30)25-12-6-7-13-26(25)31-19-21-14-15-22-10-4-5-11-23(22)16-21/h1-16,18,24H,17,19H2,(H,28,30)/t24-/m0/s1. The molecule has 4 aromatic carbocycles. The summed E-state index contributed by atoms with van der Waals surface area (Å²) in [5.41, 5.74) is 2.41. The van der Waals surface area contributed by atoms with Crippen molar-refractivity contribution >= 4 is 23.0 Å². The first-order valence-corrected chi connectivity index (χ1v) is 10.2. The molecule has 154 valence electrons. The lowest BCUT2D eigenvalue weighted by Gasteiger charge is -2.15. The molecule has 0 saturated heterocycles. The van der Waals surface area contributed by atoms with Gasteiger partial charge >= 0.3 is 0 Å². The van der Waals surface area contributed by atoms with Gasteiger partial charge in [0.1, 0.15) is 18.6 Å². The summed E-state index contributed by atoms with van der Waals surface area (Å²) in [6.07, 6.45) is 1.21. The fraction of sp³-hybridized carbons (Fsp3) is 0.111. The monoisotopic (exact) mass is 409 g/mol. The van der Waals surface area contributed by atoms with Crippen LogP contribution in [0, 0.1) is 0 Å². The van der Waals surface area contributed by atoms with Gasteiger partial charge in [-0.05, 0) is 46.5 Å². The van der Waals surface area contributed by atoms with Gasteiger partial charge in [0.15, 0.2) is 0 Å². The molecule has 0 saturated carbocycles. The third-order valence-electron chi connectivity index (χ3n) is 5.12. The maximum Gasteiger partial charge on any atom is 0.255 e. The number of carbonyl (C=O) groups excluding carboxylic acids is 2. The predicted octanol–water partition coefficient (Wildman–Crippen LogP) is 4.96. The molecule has 0 fully saturated rings. The van der Waals surface area contributed by atoms with E-state index in [0.29, 0.717) is 24.3 Å². The quantitative estimate of drug-likeness (QED) is 0.419. The first-order valence-electron chi connectivity index (χ1n) is 10.2. The zero-order valence-corrected chi connectivity index (χ0v) is 17.0. The van der Waals surface area contributed by atoms with E-state index < -0.39 is 6.04 Å². The topological polar surface area (TPSA) is 55.4 Å². The van der Waals surface area contributed by atoms with Crippen LogP contribution in [0.25, 0.3) is 10.8 Å². The molecule has 4 heteroatoms. The number of ether oxygens (including phenoxy) is 1. The highest BCUT2D eigenvalue weighted by molar-refractivity contribution is 5.98. The summed E-state index contributed by atoms with van der Waals surface area (Å²) in [6, 6.07) is 30.4. The van der Waals surface area contributed by atoms with E-state index in [2.05, 4.69) is 29.6 Å². The highest BCUT2D eigenvalue weighted by Crippen LogP contribution is 2.21. The van der Waals surface area contributed by atoms with Crippen molar-refractivity contribution in [3.8, 4) is 5.75 Å². The molecule has 1 N–H and O–H groups in total. The van der Waals surface area contributed by atoms with Gasteiger partial charge in [0.2, 0.25) is 0 Å². The molecule has 0 bridgehead atoms. The molecule has 4 nitrogen and oxygen atoms in total. The minimum absolute atomic E-state index is 0.331. The van der Waals surface area contributed by atoms with Gasteiger partial charge in [-0.15, -0.1) is 0 Å². The van der Waals surface area contributed by atoms with Gasteiger partial charge in [-0.2, -0.15) is 0 Å². The third kappa shape index (κ3) is 5.17. The molecular weight excluding hydrogens is 386 g/mol. The van der Waals surface area contributed by atoms with Crippen molar-refractivity contribution in [2.24, 2.45) is 0 Å². The molecule has 0 radical (unpaired) electrons. The Morgan fingerprint density at radius 3 is 2.32 bits per heavy atom. The fourth-order valence-corrected chi connectivity index (χ4v) is 3.52. The number of amides is 1. The summed E-state index contributed by atoms with van der Waals surface area (Å²) >= 11 is 0. The van der Waals surface area contributed by atoms with Crippen LogP contribution in [0.1, 0.15) is 21.5 Å². The van der Waals surface area contributed by atoms with Crippen molar-refractivity contribution in [3.63, 3.8) is 0 Å². The molecule has 4 rings (SSSR count). The number of carbonyl (C=O) groups is 2. The Morgan fingerprint density at radius 1 is 0.806 bits per heavy atom. The van der Waals surface area contributed by atoms with Crippen molar-refractivity contribution in [2.75, 3.05) is 0 Å². The van der Waals surface area contributed by atoms with Gasteiger partial charge in [-0.25, -0.2) is 0 Å². The summed E-state index contributed by atoms with van der Waals surface area (Å²) < 4.78 is 5.98. The molecule has 0 aliphatic rings. The first kappa shape index (κ1) is 20.4. The summed E-state index contributed by atoms with van der Waals surface area (Å²) in [6.45, 7) is 0.344. The van der Waals surface area contributed by atoms with Crippen LogP contribution in [0.3, 0.4) is 0 Å². The average Bonchev–Trinajstić information content (AvgIpc) is 2.83. The van der Waals surface area contributed by atoms with Crippen molar-refractivity contribution < 1.29 is 14.3 Å². The lowest BCUT2D eigenvalue weighted by molar-refractivity contribution is -0.109. The highest BCUT2D eigenvalue weighted by Gasteiger charge is 2.17. The number of hydrogen-bond acceptors (Lipinski definition) is 3. The maximum absolute atomic E-state index is 12.9. The molecule has 0 aliphatic heterocycles. The van der Waals surface area contributed by atoms with Crippen LogP contribution in [0.4, 0.5) is 0 Å². The largest absolute Gasteiger partial charge is 0.488 e. The second kappa shape index (κ2) is 9.72. The van der Waals surface area contributed by atoms with Crippen LogP contribution in [0.15, 0.2) is 97.1 Å². The SMILES string of the molecule is O=C[C@H](Cc1ccccc1)NC(=O)c1ccccc1OCc1ccc2ccccc2c1. The van der Waals surface area contributed by atoms with Gasteiger partial charge < -0.3 is 14.8 Å². The molecule has 1 atom stereocenters. The normalized spacial score (nSPS) is 11.6. The van der Waals surface area contributed by atoms with Crippen LogP contribution in [0.2, 0.25) is 0 Å². The Balaban J connectivity index is 1.45. The minimum Gasteiger partial charge on any atom is -0.488 e. The van der Waals surface area contributed by atoms with E-state index in [4.69, 9.17) is 4.74 Å². The fourth-order valence-electron chi connectivity index (χ4n) is 3.52. The number of hydrogen-bond donors (Lipinski definition) is 1. The van der Waals surface area contributed by atoms with E-state index >= 15 is 0 Å². The smallest absolute Gasteiger partial charge is 0.255 e. The molecule has 0 spiro atoms. The van der Waals surface area contributed by atoms with Crippen LogP contribution < -0.4 is 10.1 Å². The summed E-state index contributed by atoms with van der Waals surface area (Å²) in [5, 5.41) is 5.12. The van der Waals surface area contributed by atoms with E-state index in [1.54, 1.807) is 18.2 Å². The van der Waals surface area contributed by atoms with Gasteiger partial charge in [0.05, 0.1) is 11.6 Å². The van der Waals surface area contributed by atoms with Crippen molar-refractivity contribution in [2.45, 2.75) is 19.1 Å². The second-order valence-electron chi connectivity index (χ2n) is 7.37. The Kier molecular flexibility index (Phi) is 6.38. The van der Waals surface area contributed by atoms with Gasteiger partial charge in [-0.3, -0.25) is 4.79 Å². The number of benzene rings is 4. The maximum atomic E-state index is 12.9. The Bertz CT molecular complexity index is 1190. The number of para-hydroxylation sites is 1. The van der Waals surface area contributed by atoms with E-state index in [-0.39, 0.29) is 5.91 Å². The van der Waals surface area contributed by atoms with Crippen LogP contribution in [-0.2, 0) is 17.8 Å². The first-order chi connectivity index (χ1) is 15.2. The van der Waals surface area contributed by atoms with Crippen LogP contribution >= 0.6 is 0 Å². The molecule has 0 heterocycles. The van der Waals surface area contributed by atoms with Crippen LogP contribution in [0.5, 0.6) is 5.75 Å². The highest BCUT2D eigenvalue weighted by atomic mass is 16.5. The Labute approximate surface area is 181 Å². The molecule has 0 unspecified atom stereocenters. The van der Waals surface area contributed by atoms with Crippen molar-refractivity contribution in [3.05, 3.63) is 114 Å². The lowest BCUT2D eigenvalue weighted by atomic mass is 10.1. The van der Waals surface area contributed by atoms with E-state index in [0.717, 1.165) is 22.8 Å². The zero-order chi connectivity index (χ0) is 21.5. The van der Waals surface area contributed by atoms with Crippen molar-refractivity contribution in [1.29, 1.82) is 0 Å². The number of fused-ring (bicyclic) bond motifs is 1. The molecular formula is C27H23NO3. The van der Waals surface area contributed by atoms with E-state index in [9.17, 15) is 9.59 Å². The van der Waals surface area contributed by atoms with Crippen LogP contribution in [-0.4, -0.2) is 18.2 Å². The molecule has 31 heavy (non-hydrogen) atoms. The van der Waals surface area contributed by atoms with E-state index in [1.807, 2.05) is 54.6 Å². The number of aldehydes is 1. The van der Waals surface area contributed by atoms with E-state index in [1.165, 1.54) is 5.39 Å². The molecule has 1 amide bonds. The molecule has 0 aromatic heterocycles. The number of rotatable bonds is 8. The summed E-state index contributed by atoms with van der Waals surface area (Å²) in [5.74, 6) is 0.152. The Hall–Kier alpha value is -3.92. The van der Waals surface area contributed by atoms with Gasteiger partial charge in [0, 0.05) is 0 Å². The zero-order valence-electron chi connectivity index (χ0n) is 17.0. The average molecular weight is 409 g/mol. The lowest BCUT2D eigenvalue weighted by Crippen LogP contribution is -2.37. The van der Waals surface area contributed by atoms with Gasteiger partial charge in [-0.1, -0.05) is 78.9 Å². The predicted molar refractivity (Wildman–Crippen MR) is 122 cm³/mol. The summed E-state index contributed by atoms with van der Waals surface area (Å²) in [7, 11) is 0. The second-order valence-corrected chi connectivity index (χ2v) is 7.37. The molecule has 4 aromatic rings. The van der Waals surface area contributed by atoms with Crippen molar-refractivity contribution in [1.82, 2.24) is 5.32 Å². The third-order valence-corrected chi connectivity index (χ3v) is 5.12. The Morgan fingerprint density at radius 2 is 1.52 bits per heavy atom. The number of nitrogens with one attached hydrogen (secondary N) is 1. The summed E-state index contributed by atoms with van der Waals surface area (Å²) in [4.78, 5) is 24.4. The van der Waals surface area contributed by atoms with Gasteiger partial charge in [0.25, 0.3) is 5.91 Å². The molecule has 0 aliphatic carbocycles.